The number of aliphatic hydroxyl groups is 1. The highest BCUT2D eigenvalue weighted by Gasteiger charge is 2.31. The fourth-order valence-electron chi connectivity index (χ4n) is 1.17. The Balaban J connectivity index is 2.58. The molecule has 0 fully saturated rings. The molecular formula is C10H12ClF3N2O2. The zero-order valence-electron chi connectivity index (χ0n) is 9.30. The minimum atomic E-state index is -4.46. The lowest BCUT2D eigenvalue weighted by Crippen LogP contribution is -2.13. The summed E-state index contributed by atoms with van der Waals surface area (Å²) in [6.45, 7) is 0.590. The second-order valence-corrected chi connectivity index (χ2v) is 3.71. The topological polar surface area (TPSA) is 54.4 Å². The van der Waals surface area contributed by atoms with E-state index < -0.39 is 11.7 Å². The molecule has 0 saturated carbocycles. The second-order valence-electron chi connectivity index (χ2n) is 3.32. The molecule has 0 aliphatic heterocycles. The molecule has 4 nitrogen and oxygen atoms in total. The van der Waals surface area contributed by atoms with Gasteiger partial charge in [-0.3, -0.25) is 0 Å². The van der Waals surface area contributed by atoms with Gasteiger partial charge in [-0.1, -0.05) is 11.6 Å². The van der Waals surface area contributed by atoms with Gasteiger partial charge in [-0.15, -0.1) is 0 Å². The number of pyridine rings is 1. The Morgan fingerprint density at radius 2 is 2.06 bits per heavy atom. The largest absolute Gasteiger partial charge is 0.416 e. The quantitative estimate of drug-likeness (QED) is 0.621. The van der Waals surface area contributed by atoms with E-state index in [1.54, 1.807) is 0 Å². The third kappa shape index (κ3) is 5.07. The van der Waals surface area contributed by atoms with E-state index in [4.69, 9.17) is 21.4 Å². The van der Waals surface area contributed by atoms with Crippen molar-refractivity contribution in [3.05, 3.63) is 22.8 Å². The smallest absolute Gasteiger partial charge is 0.394 e. The predicted octanol–water partition coefficient (Wildman–Crippen LogP) is 2.17. The Bertz CT molecular complexity index is 388. The van der Waals surface area contributed by atoms with E-state index in [1.165, 1.54) is 0 Å². The van der Waals surface area contributed by atoms with E-state index in [2.05, 4.69) is 10.3 Å². The van der Waals surface area contributed by atoms with E-state index >= 15 is 0 Å². The molecule has 8 heteroatoms. The summed E-state index contributed by atoms with van der Waals surface area (Å²) in [5.41, 5.74) is -0.860. The molecule has 2 N–H and O–H groups in total. The number of nitrogens with one attached hydrogen (secondary N) is 1. The zero-order valence-corrected chi connectivity index (χ0v) is 10.1. The van der Waals surface area contributed by atoms with Gasteiger partial charge >= 0.3 is 6.18 Å². The Labute approximate surface area is 107 Å². The summed E-state index contributed by atoms with van der Waals surface area (Å²) in [7, 11) is 0. The molecule has 0 aromatic carbocycles. The SMILES string of the molecule is OCCOCCNc1cc(C(F)(F)F)cc(Cl)n1. The molecule has 0 unspecified atom stereocenters. The van der Waals surface area contributed by atoms with Crippen LogP contribution < -0.4 is 5.32 Å². The molecule has 1 heterocycles. The van der Waals surface area contributed by atoms with Crippen LogP contribution in [0.25, 0.3) is 0 Å². The molecule has 0 radical (unpaired) electrons. The molecule has 0 spiro atoms. The molecule has 102 valence electrons. The lowest BCUT2D eigenvalue weighted by atomic mass is 10.2. The van der Waals surface area contributed by atoms with E-state index in [1.807, 2.05) is 0 Å². The van der Waals surface area contributed by atoms with Crippen molar-refractivity contribution in [2.45, 2.75) is 6.18 Å². The summed E-state index contributed by atoms with van der Waals surface area (Å²) in [6.07, 6.45) is -4.46. The minimum Gasteiger partial charge on any atom is -0.394 e. The van der Waals surface area contributed by atoms with Gasteiger partial charge < -0.3 is 15.2 Å². The number of hydrogen-bond donors (Lipinski definition) is 2. The van der Waals surface area contributed by atoms with Gasteiger partial charge in [0.2, 0.25) is 0 Å². The van der Waals surface area contributed by atoms with Crippen molar-refractivity contribution in [1.29, 1.82) is 0 Å². The minimum absolute atomic E-state index is 0.0300. The summed E-state index contributed by atoms with van der Waals surface area (Å²) < 4.78 is 42.3. The third-order valence-corrected chi connectivity index (χ3v) is 2.10. The molecule has 0 aliphatic carbocycles. The highest BCUT2D eigenvalue weighted by molar-refractivity contribution is 6.29. The van der Waals surface area contributed by atoms with E-state index in [0.29, 0.717) is 0 Å². The van der Waals surface area contributed by atoms with Crippen molar-refractivity contribution >= 4 is 17.4 Å². The Morgan fingerprint density at radius 1 is 1.33 bits per heavy atom. The molecule has 1 aromatic rings. The van der Waals surface area contributed by atoms with Gasteiger partial charge in [0.15, 0.2) is 0 Å². The van der Waals surface area contributed by atoms with Crippen LogP contribution >= 0.6 is 11.6 Å². The van der Waals surface area contributed by atoms with Crippen LogP contribution in [0.5, 0.6) is 0 Å². The first-order valence-electron chi connectivity index (χ1n) is 5.10. The van der Waals surface area contributed by atoms with E-state index in [0.717, 1.165) is 12.1 Å². The molecule has 0 saturated heterocycles. The normalized spacial score (nSPS) is 11.6. The lowest BCUT2D eigenvalue weighted by Gasteiger charge is -2.10. The number of nitrogens with zero attached hydrogens (tertiary/aromatic N) is 1. The number of rotatable bonds is 6. The summed E-state index contributed by atoms with van der Waals surface area (Å²) in [6, 6.07) is 1.63. The van der Waals surface area contributed by atoms with Crippen molar-refractivity contribution in [1.82, 2.24) is 4.98 Å². The Hall–Kier alpha value is -1.05. The number of alkyl halides is 3. The van der Waals surface area contributed by atoms with Gasteiger partial charge in [0.1, 0.15) is 11.0 Å². The van der Waals surface area contributed by atoms with Crippen LogP contribution in [0.3, 0.4) is 0 Å². The molecule has 1 rings (SSSR count). The van der Waals surface area contributed by atoms with Crippen molar-refractivity contribution in [2.24, 2.45) is 0 Å². The molecule has 18 heavy (non-hydrogen) atoms. The number of ether oxygens (including phenoxy) is 1. The van der Waals surface area contributed by atoms with Crippen molar-refractivity contribution in [2.75, 3.05) is 31.7 Å². The monoisotopic (exact) mass is 284 g/mol. The van der Waals surface area contributed by atoms with E-state index in [-0.39, 0.29) is 37.3 Å². The number of hydrogen-bond acceptors (Lipinski definition) is 4. The molecule has 0 bridgehead atoms. The molecular weight excluding hydrogens is 273 g/mol. The highest BCUT2D eigenvalue weighted by atomic mass is 35.5. The summed E-state index contributed by atoms with van der Waals surface area (Å²) >= 11 is 5.50. The predicted molar refractivity (Wildman–Crippen MR) is 60.6 cm³/mol. The summed E-state index contributed by atoms with van der Waals surface area (Å²) in [5.74, 6) is 0.0300. The van der Waals surface area contributed by atoms with Crippen molar-refractivity contribution in [3.8, 4) is 0 Å². The number of anilines is 1. The number of halogens is 4. The standard InChI is InChI=1S/C10H12ClF3N2O2/c11-8-5-7(10(12,13)14)6-9(16-8)15-1-3-18-4-2-17/h5-6,17H,1-4H2,(H,15,16). The van der Waals surface area contributed by atoms with Gasteiger partial charge in [0.05, 0.1) is 25.4 Å². The van der Waals surface area contributed by atoms with Crippen LogP contribution in [0.4, 0.5) is 19.0 Å². The van der Waals surface area contributed by atoms with Crippen molar-refractivity contribution in [3.63, 3.8) is 0 Å². The van der Waals surface area contributed by atoms with Crippen molar-refractivity contribution < 1.29 is 23.0 Å². The van der Waals surface area contributed by atoms with Crippen LogP contribution in [0, 0.1) is 0 Å². The van der Waals surface area contributed by atoms with Crippen LogP contribution in [0.1, 0.15) is 5.56 Å². The van der Waals surface area contributed by atoms with Gasteiger partial charge in [-0.2, -0.15) is 13.2 Å². The third-order valence-electron chi connectivity index (χ3n) is 1.91. The first kappa shape index (κ1) is 15.0. The molecule has 0 atom stereocenters. The lowest BCUT2D eigenvalue weighted by molar-refractivity contribution is -0.137. The molecule has 0 amide bonds. The molecule has 0 aliphatic rings. The fourth-order valence-corrected chi connectivity index (χ4v) is 1.38. The average molecular weight is 285 g/mol. The first-order valence-corrected chi connectivity index (χ1v) is 5.48. The summed E-state index contributed by atoms with van der Waals surface area (Å²) in [5, 5.41) is 10.9. The maximum atomic E-state index is 12.5. The van der Waals surface area contributed by atoms with Crippen LogP contribution in [0.2, 0.25) is 5.15 Å². The first-order chi connectivity index (χ1) is 8.43. The van der Waals surface area contributed by atoms with Crippen LogP contribution in [0.15, 0.2) is 12.1 Å². The molecule has 1 aromatic heterocycles. The van der Waals surface area contributed by atoms with Crippen LogP contribution in [-0.4, -0.2) is 36.5 Å². The van der Waals surface area contributed by atoms with Gasteiger partial charge in [0.25, 0.3) is 0 Å². The van der Waals surface area contributed by atoms with Gasteiger partial charge in [0, 0.05) is 6.54 Å². The Morgan fingerprint density at radius 3 is 2.67 bits per heavy atom. The maximum Gasteiger partial charge on any atom is 0.416 e. The van der Waals surface area contributed by atoms with Gasteiger partial charge in [-0.05, 0) is 12.1 Å². The zero-order chi connectivity index (χ0) is 13.6. The highest BCUT2D eigenvalue weighted by Crippen LogP contribution is 2.31. The van der Waals surface area contributed by atoms with Crippen LogP contribution in [-0.2, 0) is 10.9 Å². The Kier molecular flexibility index (Phi) is 5.64. The van der Waals surface area contributed by atoms with E-state index in [9.17, 15) is 13.2 Å². The fraction of sp³-hybridized carbons (Fsp3) is 0.500. The average Bonchev–Trinajstić information content (AvgIpc) is 2.27. The maximum absolute atomic E-state index is 12.5. The second kappa shape index (κ2) is 6.77. The van der Waals surface area contributed by atoms with Gasteiger partial charge in [-0.25, -0.2) is 4.98 Å². The number of aliphatic hydroxyl groups excluding tert-OH is 1. The number of aromatic nitrogens is 1. The summed E-state index contributed by atoms with van der Waals surface area (Å²) in [4.78, 5) is 3.71.